The second kappa shape index (κ2) is 6.09. The molecule has 0 spiro atoms. The molecule has 19 heavy (non-hydrogen) atoms. The number of phenols is 1. The summed E-state index contributed by atoms with van der Waals surface area (Å²) in [5.74, 6) is 0.272. The van der Waals surface area contributed by atoms with Gasteiger partial charge in [0, 0.05) is 23.2 Å². The Kier molecular flexibility index (Phi) is 4.46. The van der Waals surface area contributed by atoms with Gasteiger partial charge in [0.2, 0.25) is 0 Å². The fourth-order valence-electron chi connectivity index (χ4n) is 2.14. The maximum absolute atomic E-state index is 9.77. The van der Waals surface area contributed by atoms with Gasteiger partial charge in [-0.1, -0.05) is 35.9 Å². The summed E-state index contributed by atoms with van der Waals surface area (Å²) in [6, 6.07) is 13.6. The highest BCUT2D eigenvalue weighted by atomic mass is 35.5. The molecule has 0 bridgehead atoms. The van der Waals surface area contributed by atoms with E-state index in [4.69, 9.17) is 11.6 Å². The van der Waals surface area contributed by atoms with Gasteiger partial charge in [0.25, 0.3) is 0 Å². The number of phenolic OH excluding ortho intramolecular Hbond substituents is 1. The summed E-state index contributed by atoms with van der Waals surface area (Å²) in [7, 11) is 0. The van der Waals surface area contributed by atoms with Gasteiger partial charge in [-0.3, -0.25) is 0 Å². The first-order chi connectivity index (χ1) is 9.08. The number of benzene rings is 2. The van der Waals surface area contributed by atoms with E-state index in [0.29, 0.717) is 11.6 Å². The van der Waals surface area contributed by atoms with E-state index >= 15 is 0 Å². The normalized spacial score (nSPS) is 12.4. The van der Waals surface area contributed by atoms with E-state index in [2.05, 4.69) is 31.3 Å². The predicted molar refractivity (Wildman–Crippen MR) is 79.6 cm³/mol. The monoisotopic (exact) mass is 275 g/mol. The van der Waals surface area contributed by atoms with Crippen molar-refractivity contribution in [2.24, 2.45) is 0 Å². The molecular formula is C16H18ClNO. The lowest BCUT2D eigenvalue weighted by Crippen LogP contribution is -2.18. The van der Waals surface area contributed by atoms with Gasteiger partial charge in [0.15, 0.2) is 0 Å². The Bertz CT molecular complexity index is 568. The smallest absolute Gasteiger partial charge is 0.120 e. The van der Waals surface area contributed by atoms with E-state index in [-0.39, 0.29) is 11.8 Å². The summed E-state index contributed by atoms with van der Waals surface area (Å²) in [4.78, 5) is 0. The van der Waals surface area contributed by atoms with Gasteiger partial charge in [-0.15, -0.1) is 0 Å². The topological polar surface area (TPSA) is 32.3 Å². The van der Waals surface area contributed by atoms with E-state index in [1.165, 1.54) is 11.1 Å². The summed E-state index contributed by atoms with van der Waals surface area (Å²) in [6.45, 7) is 4.80. The van der Waals surface area contributed by atoms with Crippen LogP contribution in [0.1, 0.15) is 29.7 Å². The van der Waals surface area contributed by atoms with Crippen LogP contribution in [0.2, 0.25) is 5.02 Å². The third-order valence-electron chi connectivity index (χ3n) is 3.30. The molecule has 3 heteroatoms. The van der Waals surface area contributed by atoms with Gasteiger partial charge in [0.1, 0.15) is 5.75 Å². The summed E-state index contributed by atoms with van der Waals surface area (Å²) < 4.78 is 0. The molecule has 0 saturated carbocycles. The van der Waals surface area contributed by atoms with Gasteiger partial charge in [-0.25, -0.2) is 0 Å². The van der Waals surface area contributed by atoms with Gasteiger partial charge in [0.05, 0.1) is 0 Å². The van der Waals surface area contributed by atoms with Crippen LogP contribution in [0.25, 0.3) is 0 Å². The Labute approximate surface area is 119 Å². The Balaban J connectivity index is 2.06. The van der Waals surface area contributed by atoms with Crippen molar-refractivity contribution >= 4 is 11.6 Å². The Morgan fingerprint density at radius 3 is 2.68 bits per heavy atom. The maximum Gasteiger partial charge on any atom is 0.120 e. The van der Waals surface area contributed by atoms with Crippen molar-refractivity contribution in [3.63, 3.8) is 0 Å². The molecule has 0 unspecified atom stereocenters. The van der Waals surface area contributed by atoms with Crippen molar-refractivity contribution in [1.82, 2.24) is 5.32 Å². The molecule has 2 aromatic carbocycles. The number of aromatic hydroxyl groups is 1. The molecule has 0 aliphatic carbocycles. The van der Waals surface area contributed by atoms with Gasteiger partial charge in [-0.05, 0) is 43.2 Å². The predicted octanol–water partition coefficient (Wildman–Crippen LogP) is 4.20. The highest BCUT2D eigenvalue weighted by Gasteiger charge is 2.09. The summed E-state index contributed by atoms with van der Waals surface area (Å²) >= 11 is 5.94. The molecule has 0 aliphatic heterocycles. The van der Waals surface area contributed by atoms with Gasteiger partial charge < -0.3 is 10.4 Å². The largest absolute Gasteiger partial charge is 0.508 e. The van der Waals surface area contributed by atoms with Crippen LogP contribution in [0.5, 0.6) is 5.75 Å². The second-order valence-corrected chi connectivity index (χ2v) is 5.17. The number of hydrogen-bond donors (Lipinski definition) is 2. The van der Waals surface area contributed by atoms with Crippen molar-refractivity contribution in [2.75, 3.05) is 0 Å². The molecule has 2 nitrogen and oxygen atoms in total. The average Bonchev–Trinajstić information content (AvgIpc) is 2.40. The zero-order valence-electron chi connectivity index (χ0n) is 11.2. The molecule has 1 atom stereocenters. The van der Waals surface area contributed by atoms with Crippen LogP contribution in [-0.4, -0.2) is 5.11 Å². The molecular weight excluding hydrogens is 258 g/mol. The lowest BCUT2D eigenvalue weighted by molar-refractivity contribution is 0.460. The van der Waals surface area contributed by atoms with E-state index in [1.807, 2.05) is 12.1 Å². The molecule has 100 valence electrons. The fourth-order valence-corrected chi connectivity index (χ4v) is 2.34. The van der Waals surface area contributed by atoms with Crippen LogP contribution >= 0.6 is 11.6 Å². The minimum atomic E-state index is 0.222. The first-order valence-electron chi connectivity index (χ1n) is 6.34. The number of rotatable bonds is 4. The molecule has 0 amide bonds. The summed E-state index contributed by atoms with van der Waals surface area (Å²) in [5, 5.41) is 13.8. The third kappa shape index (κ3) is 3.49. The Hall–Kier alpha value is -1.51. The lowest BCUT2D eigenvalue weighted by atomic mass is 10.0. The van der Waals surface area contributed by atoms with Crippen LogP contribution in [0.4, 0.5) is 0 Å². The fraction of sp³-hybridized carbons (Fsp3) is 0.250. The number of aryl methyl sites for hydroxylation is 1. The number of nitrogens with one attached hydrogen (secondary N) is 1. The second-order valence-electron chi connectivity index (χ2n) is 4.73. The van der Waals surface area contributed by atoms with Crippen molar-refractivity contribution in [3.8, 4) is 5.75 Å². The highest BCUT2D eigenvalue weighted by Crippen LogP contribution is 2.23. The first-order valence-corrected chi connectivity index (χ1v) is 6.72. The maximum atomic E-state index is 9.77. The van der Waals surface area contributed by atoms with E-state index < -0.39 is 0 Å². The minimum absolute atomic E-state index is 0.222. The van der Waals surface area contributed by atoms with E-state index in [1.54, 1.807) is 18.2 Å². The molecule has 2 rings (SSSR count). The lowest BCUT2D eigenvalue weighted by Gasteiger charge is -2.17. The van der Waals surface area contributed by atoms with Crippen molar-refractivity contribution in [3.05, 3.63) is 64.2 Å². The summed E-state index contributed by atoms with van der Waals surface area (Å²) in [6.07, 6.45) is 0. The quantitative estimate of drug-likeness (QED) is 0.876. The van der Waals surface area contributed by atoms with E-state index in [9.17, 15) is 5.11 Å². The third-order valence-corrected chi connectivity index (χ3v) is 3.53. The van der Waals surface area contributed by atoms with Crippen molar-refractivity contribution in [2.45, 2.75) is 26.4 Å². The molecule has 0 aliphatic rings. The molecule has 0 saturated heterocycles. The number of halogens is 1. The van der Waals surface area contributed by atoms with Crippen LogP contribution in [0, 0.1) is 6.92 Å². The van der Waals surface area contributed by atoms with Crippen LogP contribution in [-0.2, 0) is 6.54 Å². The molecule has 2 N–H and O–H groups in total. The molecule has 0 aromatic heterocycles. The first kappa shape index (κ1) is 13.9. The molecule has 2 aromatic rings. The zero-order chi connectivity index (χ0) is 13.8. The van der Waals surface area contributed by atoms with Crippen LogP contribution in [0.3, 0.4) is 0 Å². The van der Waals surface area contributed by atoms with E-state index in [0.717, 1.165) is 5.56 Å². The SMILES string of the molecule is Cc1ccccc1[C@H](C)NCc1cc(Cl)ccc1O. The van der Waals surface area contributed by atoms with Crippen LogP contribution < -0.4 is 5.32 Å². The molecule has 0 fully saturated rings. The van der Waals surface area contributed by atoms with Crippen molar-refractivity contribution < 1.29 is 5.11 Å². The van der Waals surface area contributed by atoms with Crippen LogP contribution in [0.15, 0.2) is 42.5 Å². The number of hydrogen-bond acceptors (Lipinski definition) is 2. The molecule has 0 radical (unpaired) electrons. The van der Waals surface area contributed by atoms with Gasteiger partial charge >= 0.3 is 0 Å². The van der Waals surface area contributed by atoms with Crippen molar-refractivity contribution in [1.29, 1.82) is 0 Å². The Morgan fingerprint density at radius 2 is 1.95 bits per heavy atom. The highest BCUT2D eigenvalue weighted by molar-refractivity contribution is 6.30. The zero-order valence-corrected chi connectivity index (χ0v) is 11.9. The standard InChI is InChI=1S/C16H18ClNO/c1-11-5-3-4-6-15(11)12(2)18-10-13-9-14(17)7-8-16(13)19/h3-9,12,18-19H,10H2,1-2H3/t12-/m0/s1. The van der Waals surface area contributed by atoms with Gasteiger partial charge in [-0.2, -0.15) is 0 Å². The Morgan fingerprint density at radius 1 is 1.21 bits per heavy atom. The molecule has 0 heterocycles. The average molecular weight is 276 g/mol. The minimum Gasteiger partial charge on any atom is -0.508 e. The summed E-state index contributed by atoms with van der Waals surface area (Å²) in [5.41, 5.74) is 3.34.